The lowest BCUT2D eigenvalue weighted by Gasteiger charge is -2.35. The van der Waals surface area contributed by atoms with Crippen molar-refractivity contribution >= 4 is 23.2 Å². The Hall–Kier alpha value is -1.93. The number of aryl methyl sites for hydroxylation is 1. The lowest BCUT2D eigenvalue weighted by molar-refractivity contribution is -0.133. The van der Waals surface area contributed by atoms with Gasteiger partial charge in [0.25, 0.3) is 0 Å². The Morgan fingerprint density at radius 3 is 2.88 bits per heavy atom. The first-order valence-electron chi connectivity index (χ1n) is 8.38. The van der Waals surface area contributed by atoms with Gasteiger partial charge in [-0.3, -0.25) is 14.8 Å². The fraction of sp³-hybridized carbons (Fsp3) is 0.562. The van der Waals surface area contributed by atoms with Crippen LogP contribution < -0.4 is 4.90 Å². The van der Waals surface area contributed by atoms with Crippen LogP contribution >= 0.6 is 11.3 Å². The van der Waals surface area contributed by atoms with Crippen molar-refractivity contribution in [3.63, 3.8) is 0 Å². The fourth-order valence-corrected chi connectivity index (χ4v) is 4.22. The van der Waals surface area contributed by atoms with E-state index in [0.717, 1.165) is 57.5 Å². The number of H-pyrrole nitrogens is 1. The normalized spacial score (nSPS) is 18.7. The number of hydrogen-bond donors (Lipinski definition) is 1. The van der Waals surface area contributed by atoms with Crippen molar-refractivity contribution < 1.29 is 4.79 Å². The minimum absolute atomic E-state index is 0.244. The highest BCUT2D eigenvalue weighted by Crippen LogP contribution is 2.24. The number of rotatable bonds is 3. The molecule has 1 fully saturated rings. The standard InChI is InChI=1S/C16H22N6OS/c1-12-17-16(19-18-12)21-7-5-20(6-8-21)11-15(23)22-4-2-14-13(10-22)3-9-24-14/h3,9H,2,4-8,10-11H2,1H3,(H,17,18,19). The van der Waals surface area contributed by atoms with E-state index in [-0.39, 0.29) is 5.91 Å². The number of nitrogens with one attached hydrogen (secondary N) is 1. The van der Waals surface area contributed by atoms with Gasteiger partial charge in [0.15, 0.2) is 0 Å². The highest BCUT2D eigenvalue weighted by atomic mass is 32.1. The molecule has 1 saturated heterocycles. The molecule has 2 aliphatic heterocycles. The number of piperazine rings is 1. The lowest BCUT2D eigenvalue weighted by Crippen LogP contribution is -2.50. The molecule has 0 bridgehead atoms. The number of thiophene rings is 1. The zero-order valence-corrected chi connectivity index (χ0v) is 14.7. The van der Waals surface area contributed by atoms with E-state index in [9.17, 15) is 4.79 Å². The number of fused-ring (bicyclic) bond motifs is 1. The van der Waals surface area contributed by atoms with Crippen LogP contribution in [0, 0.1) is 6.92 Å². The minimum Gasteiger partial charge on any atom is -0.337 e. The summed E-state index contributed by atoms with van der Waals surface area (Å²) < 4.78 is 0. The number of aromatic amines is 1. The van der Waals surface area contributed by atoms with Crippen molar-refractivity contribution in [3.05, 3.63) is 27.7 Å². The first-order chi connectivity index (χ1) is 11.7. The number of amides is 1. The number of carbonyl (C=O) groups excluding carboxylic acids is 1. The van der Waals surface area contributed by atoms with Crippen molar-refractivity contribution in [1.29, 1.82) is 0 Å². The van der Waals surface area contributed by atoms with Crippen molar-refractivity contribution in [3.8, 4) is 0 Å². The van der Waals surface area contributed by atoms with Crippen LogP contribution in [0.5, 0.6) is 0 Å². The van der Waals surface area contributed by atoms with Crippen LogP contribution in [-0.2, 0) is 17.8 Å². The summed E-state index contributed by atoms with van der Waals surface area (Å²) in [6.07, 6.45) is 0.997. The molecule has 4 rings (SSSR count). The maximum absolute atomic E-state index is 12.6. The number of nitrogens with zero attached hydrogens (tertiary/aromatic N) is 5. The molecule has 7 nitrogen and oxygen atoms in total. The summed E-state index contributed by atoms with van der Waals surface area (Å²) in [5, 5.41) is 9.22. The van der Waals surface area contributed by atoms with E-state index in [1.54, 1.807) is 11.3 Å². The molecule has 1 amide bonds. The van der Waals surface area contributed by atoms with Crippen LogP contribution in [0.2, 0.25) is 0 Å². The predicted molar refractivity (Wildman–Crippen MR) is 93.2 cm³/mol. The molecule has 2 aromatic rings. The average molecular weight is 346 g/mol. The lowest BCUT2D eigenvalue weighted by atomic mass is 10.1. The molecule has 24 heavy (non-hydrogen) atoms. The van der Waals surface area contributed by atoms with E-state index in [1.165, 1.54) is 10.4 Å². The van der Waals surface area contributed by atoms with Crippen LogP contribution in [0.25, 0.3) is 0 Å². The summed E-state index contributed by atoms with van der Waals surface area (Å²) >= 11 is 1.81. The summed E-state index contributed by atoms with van der Waals surface area (Å²) in [6.45, 7) is 7.51. The number of hydrogen-bond acceptors (Lipinski definition) is 6. The molecule has 0 spiro atoms. The molecule has 2 aliphatic rings. The van der Waals surface area contributed by atoms with Gasteiger partial charge in [-0.1, -0.05) is 0 Å². The predicted octanol–water partition coefficient (Wildman–Crippen LogP) is 0.882. The maximum atomic E-state index is 12.6. The molecule has 0 unspecified atom stereocenters. The largest absolute Gasteiger partial charge is 0.337 e. The molecule has 1 N–H and O–H groups in total. The summed E-state index contributed by atoms with van der Waals surface area (Å²) in [6, 6.07) is 2.15. The molecule has 4 heterocycles. The van der Waals surface area contributed by atoms with Crippen LogP contribution in [0.15, 0.2) is 11.4 Å². The van der Waals surface area contributed by atoms with Gasteiger partial charge in [0.2, 0.25) is 11.9 Å². The topological polar surface area (TPSA) is 68.4 Å². The van der Waals surface area contributed by atoms with Crippen LogP contribution in [0.4, 0.5) is 5.95 Å². The maximum Gasteiger partial charge on any atom is 0.244 e. The second-order valence-corrected chi connectivity index (χ2v) is 7.42. The molecule has 8 heteroatoms. The van der Waals surface area contributed by atoms with E-state index in [1.807, 2.05) is 11.8 Å². The number of aromatic nitrogens is 3. The summed E-state index contributed by atoms with van der Waals surface area (Å²) in [7, 11) is 0. The van der Waals surface area contributed by atoms with Crippen molar-refractivity contribution in [1.82, 2.24) is 25.0 Å². The van der Waals surface area contributed by atoms with Gasteiger partial charge in [-0.05, 0) is 30.4 Å². The van der Waals surface area contributed by atoms with Crippen molar-refractivity contribution in [2.45, 2.75) is 19.9 Å². The third-order valence-corrected chi connectivity index (χ3v) is 5.78. The van der Waals surface area contributed by atoms with E-state index < -0.39 is 0 Å². The van der Waals surface area contributed by atoms with Gasteiger partial charge in [0, 0.05) is 44.1 Å². The van der Waals surface area contributed by atoms with Crippen molar-refractivity contribution in [2.75, 3.05) is 44.2 Å². The molecule has 0 aliphatic carbocycles. The van der Waals surface area contributed by atoms with Gasteiger partial charge in [-0.15, -0.1) is 16.4 Å². The molecule has 2 aromatic heterocycles. The summed E-state index contributed by atoms with van der Waals surface area (Å²) in [5.41, 5.74) is 1.32. The zero-order valence-electron chi connectivity index (χ0n) is 13.9. The van der Waals surface area contributed by atoms with E-state index in [2.05, 4.69) is 36.4 Å². The van der Waals surface area contributed by atoms with E-state index >= 15 is 0 Å². The second kappa shape index (κ2) is 6.52. The van der Waals surface area contributed by atoms with Gasteiger partial charge in [-0.25, -0.2) is 0 Å². The van der Waals surface area contributed by atoms with Gasteiger partial charge in [-0.2, -0.15) is 4.98 Å². The Balaban J connectivity index is 1.29. The SMILES string of the molecule is Cc1nc(N2CCN(CC(=O)N3CCc4sccc4C3)CC2)n[nH]1. The van der Waals surface area contributed by atoms with E-state index in [0.29, 0.717) is 6.54 Å². The van der Waals surface area contributed by atoms with Crippen LogP contribution in [-0.4, -0.2) is 70.2 Å². The van der Waals surface area contributed by atoms with Gasteiger partial charge in [0.1, 0.15) is 5.82 Å². The zero-order chi connectivity index (χ0) is 16.5. The Labute approximate surface area is 145 Å². The molecule has 128 valence electrons. The Morgan fingerprint density at radius 2 is 2.12 bits per heavy atom. The highest BCUT2D eigenvalue weighted by Gasteiger charge is 2.25. The smallest absolute Gasteiger partial charge is 0.244 e. The molecule has 0 saturated carbocycles. The van der Waals surface area contributed by atoms with Crippen molar-refractivity contribution in [2.24, 2.45) is 0 Å². The molecule has 0 atom stereocenters. The first-order valence-corrected chi connectivity index (χ1v) is 9.26. The fourth-order valence-electron chi connectivity index (χ4n) is 3.33. The summed E-state index contributed by atoms with van der Waals surface area (Å²) in [4.78, 5) is 24.8. The Kier molecular flexibility index (Phi) is 4.24. The quantitative estimate of drug-likeness (QED) is 0.894. The van der Waals surface area contributed by atoms with Crippen LogP contribution in [0.3, 0.4) is 0 Å². The summed E-state index contributed by atoms with van der Waals surface area (Å²) in [5.74, 6) is 1.84. The second-order valence-electron chi connectivity index (χ2n) is 6.42. The van der Waals surface area contributed by atoms with Crippen LogP contribution in [0.1, 0.15) is 16.3 Å². The first kappa shape index (κ1) is 15.6. The van der Waals surface area contributed by atoms with E-state index in [4.69, 9.17) is 0 Å². The third-order valence-electron chi connectivity index (χ3n) is 4.76. The number of anilines is 1. The average Bonchev–Trinajstić information content (AvgIpc) is 3.23. The molecular formula is C16H22N6OS. The molecular weight excluding hydrogens is 324 g/mol. The Bertz CT molecular complexity index is 718. The number of carbonyl (C=O) groups is 1. The van der Waals surface area contributed by atoms with Gasteiger partial charge in [0.05, 0.1) is 6.54 Å². The minimum atomic E-state index is 0.244. The monoisotopic (exact) mass is 346 g/mol. The molecule has 0 aromatic carbocycles. The Morgan fingerprint density at radius 1 is 1.29 bits per heavy atom. The highest BCUT2D eigenvalue weighted by molar-refractivity contribution is 7.10. The van der Waals surface area contributed by atoms with Gasteiger partial charge < -0.3 is 9.80 Å². The molecule has 0 radical (unpaired) electrons. The van der Waals surface area contributed by atoms with Gasteiger partial charge >= 0.3 is 0 Å². The third kappa shape index (κ3) is 3.16.